The summed E-state index contributed by atoms with van der Waals surface area (Å²) in [6.07, 6.45) is 1.95. The summed E-state index contributed by atoms with van der Waals surface area (Å²) < 4.78 is 33.2. The summed E-state index contributed by atoms with van der Waals surface area (Å²) in [5.41, 5.74) is 3.12. The van der Waals surface area contributed by atoms with Gasteiger partial charge in [-0.1, -0.05) is 12.1 Å². The SMILES string of the molecule is COc1ccc(/C=C(\c2cc(OC)c(OC)c(OC)c2)c2nnc(-c3ccc(OC)cc3)o2)cc1. The molecular formula is C27H26N2O6. The van der Waals surface area contributed by atoms with E-state index in [9.17, 15) is 0 Å². The molecule has 0 saturated carbocycles. The molecule has 0 radical (unpaired) electrons. The number of benzene rings is 3. The van der Waals surface area contributed by atoms with Crippen molar-refractivity contribution in [1.29, 1.82) is 0 Å². The monoisotopic (exact) mass is 474 g/mol. The van der Waals surface area contributed by atoms with E-state index in [0.717, 1.165) is 28.2 Å². The maximum Gasteiger partial charge on any atom is 0.248 e. The van der Waals surface area contributed by atoms with Gasteiger partial charge < -0.3 is 28.1 Å². The van der Waals surface area contributed by atoms with E-state index in [1.807, 2.05) is 66.7 Å². The van der Waals surface area contributed by atoms with Gasteiger partial charge in [0.05, 0.1) is 35.5 Å². The Labute approximate surface area is 203 Å². The molecule has 0 unspecified atom stereocenters. The van der Waals surface area contributed by atoms with Gasteiger partial charge in [-0.2, -0.15) is 0 Å². The molecule has 35 heavy (non-hydrogen) atoms. The van der Waals surface area contributed by atoms with Gasteiger partial charge in [0.2, 0.25) is 17.5 Å². The first kappa shape index (κ1) is 23.7. The highest BCUT2D eigenvalue weighted by Crippen LogP contribution is 2.41. The summed E-state index contributed by atoms with van der Waals surface area (Å²) in [4.78, 5) is 0. The predicted molar refractivity (Wildman–Crippen MR) is 132 cm³/mol. The van der Waals surface area contributed by atoms with Crippen LogP contribution < -0.4 is 23.7 Å². The van der Waals surface area contributed by atoms with Crippen molar-refractivity contribution in [2.45, 2.75) is 0 Å². The van der Waals surface area contributed by atoms with Crippen molar-refractivity contribution in [3.05, 3.63) is 77.7 Å². The number of hydrogen-bond donors (Lipinski definition) is 0. The molecule has 0 N–H and O–H groups in total. The van der Waals surface area contributed by atoms with Crippen molar-refractivity contribution in [1.82, 2.24) is 10.2 Å². The van der Waals surface area contributed by atoms with Crippen LogP contribution in [0.4, 0.5) is 0 Å². The maximum absolute atomic E-state index is 6.11. The normalized spacial score (nSPS) is 11.2. The smallest absolute Gasteiger partial charge is 0.248 e. The van der Waals surface area contributed by atoms with Crippen LogP contribution in [-0.2, 0) is 0 Å². The van der Waals surface area contributed by atoms with E-state index in [2.05, 4.69) is 10.2 Å². The molecule has 0 amide bonds. The van der Waals surface area contributed by atoms with Crippen LogP contribution in [-0.4, -0.2) is 45.7 Å². The molecule has 3 aromatic carbocycles. The van der Waals surface area contributed by atoms with Gasteiger partial charge in [0, 0.05) is 11.1 Å². The third-order valence-corrected chi connectivity index (χ3v) is 5.39. The molecule has 8 nitrogen and oxygen atoms in total. The number of nitrogens with zero attached hydrogens (tertiary/aromatic N) is 2. The second-order valence-corrected chi connectivity index (χ2v) is 7.39. The average Bonchev–Trinajstić information content (AvgIpc) is 3.41. The molecule has 180 valence electrons. The van der Waals surface area contributed by atoms with E-state index in [-0.39, 0.29) is 0 Å². The van der Waals surface area contributed by atoms with Crippen molar-refractivity contribution >= 4 is 11.6 Å². The number of rotatable bonds is 9. The van der Waals surface area contributed by atoms with Crippen LogP contribution in [0.25, 0.3) is 23.1 Å². The van der Waals surface area contributed by atoms with Gasteiger partial charge in [0.15, 0.2) is 11.5 Å². The van der Waals surface area contributed by atoms with E-state index >= 15 is 0 Å². The summed E-state index contributed by atoms with van der Waals surface area (Å²) in [6.45, 7) is 0. The lowest BCUT2D eigenvalue weighted by molar-refractivity contribution is 0.324. The number of methoxy groups -OCH3 is 5. The van der Waals surface area contributed by atoms with Gasteiger partial charge >= 0.3 is 0 Å². The minimum atomic E-state index is 0.334. The van der Waals surface area contributed by atoms with Crippen molar-refractivity contribution in [3.63, 3.8) is 0 Å². The molecule has 0 atom stereocenters. The van der Waals surface area contributed by atoms with Crippen LogP contribution in [0.3, 0.4) is 0 Å². The first-order valence-corrected chi connectivity index (χ1v) is 10.7. The standard InChI is InChI=1S/C27H26N2O6/c1-30-20-10-6-17(7-11-20)14-22(19-15-23(32-3)25(34-5)24(16-19)33-4)27-29-28-26(35-27)18-8-12-21(31-2)13-9-18/h6-16H,1-5H3/b22-14+. The largest absolute Gasteiger partial charge is 0.497 e. The lowest BCUT2D eigenvalue weighted by Gasteiger charge is -2.15. The minimum Gasteiger partial charge on any atom is -0.497 e. The summed E-state index contributed by atoms with van der Waals surface area (Å²) in [5, 5.41) is 8.61. The van der Waals surface area contributed by atoms with Crippen molar-refractivity contribution in [3.8, 4) is 40.2 Å². The zero-order chi connectivity index (χ0) is 24.8. The van der Waals surface area contributed by atoms with Crippen LogP contribution in [0.15, 0.2) is 65.1 Å². The quantitative estimate of drug-likeness (QED) is 0.300. The van der Waals surface area contributed by atoms with Crippen LogP contribution >= 0.6 is 0 Å². The summed E-state index contributed by atoms with van der Waals surface area (Å²) in [7, 11) is 7.96. The lowest BCUT2D eigenvalue weighted by Crippen LogP contribution is -1.98. The Kier molecular flexibility index (Phi) is 7.21. The Morgan fingerprint density at radius 3 is 1.77 bits per heavy atom. The second-order valence-electron chi connectivity index (χ2n) is 7.39. The second kappa shape index (κ2) is 10.6. The molecule has 0 saturated heterocycles. The zero-order valence-electron chi connectivity index (χ0n) is 20.2. The molecular weight excluding hydrogens is 448 g/mol. The lowest BCUT2D eigenvalue weighted by atomic mass is 10.0. The highest BCUT2D eigenvalue weighted by atomic mass is 16.5. The Balaban J connectivity index is 1.84. The van der Waals surface area contributed by atoms with Gasteiger partial charge in [-0.05, 0) is 65.7 Å². The summed E-state index contributed by atoms with van der Waals surface area (Å²) in [6, 6.07) is 18.7. The van der Waals surface area contributed by atoms with Crippen molar-refractivity contribution in [2.75, 3.05) is 35.5 Å². The van der Waals surface area contributed by atoms with Gasteiger partial charge in [-0.3, -0.25) is 0 Å². The molecule has 0 aliphatic carbocycles. The fraction of sp³-hybridized carbons (Fsp3) is 0.185. The van der Waals surface area contributed by atoms with Crippen LogP contribution in [0.2, 0.25) is 0 Å². The molecule has 1 heterocycles. The Morgan fingerprint density at radius 1 is 0.686 bits per heavy atom. The Morgan fingerprint density at radius 2 is 1.26 bits per heavy atom. The van der Waals surface area contributed by atoms with E-state index in [1.165, 1.54) is 0 Å². The maximum atomic E-state index is 6.11. The molecule has 1 aromatic heterocycles. The molecule has 0 aliphatic rings. The number of ether oxygens (including phenoxy) is 5. The molecule has 4 aromatic rings. The van der Waals surface area contributed by atoms with Crippen molar-refractivity contribution < 1.29 is 28.1 Å². The molecule has 8 heteroatoms. The molecule has 0 aliphatic heterocycles. The van der Waals surface area contributed by atoms with E-state index in [0.29, 0.717) is 34.6 Å². The topological polar surface area (TPSA) is 85.1 Å². The van der Waals surface area contributed by atoms with Gasteiger partial charge in [-0.25, -0.2) is 0 Å². The summed E-state index contributed by atoms with van der Waals surface area (Å²) >= 11 is 0. The van der Waals surface area contributed by atoms with Crippen LogP contribution in [0.1, 0.15) is 17.0 Å². The zero-order valence-corrected chi connectivity index (χ0v) is 20.2. The molecule has 0 fully saturated rings. The minimum absolute atomic E-state index is 0.334. The number of aromatic nitrogens is 2. The first-order chi connectivity index (χ1) is 17.1. The van der Waals surface area contributed by atoms with Gasteiger partial charge in [-0.15, -0.1) is 10.2 Å². The number of hydrogen-bond acceptors (Lipinski definition) is 8. The van der Waals surface area contributed by atoms with Crippen molar-refractivity contribution in [2.24, 2.45) is 0 Å². The molecule has 0 spiro atoms. The summed E-state index contributed by atoms with van der Waals surface area (Å²) in [5.74, 6) is 3.74. The molecule has 0 bridgehead atoms. The average molecular weight is 475 g/mol. The Bertz CT molecular complexity index is 1290. The van der Waals surface area contributed by atoms with E-state index in [1.54, 1.807) is 35.5 Å². The first-order valence-electron chi connectivity index (χ1n) is 10.7. The fourth-order valence-electron chi connectivity index (χ4n) is 3.55. The Hall–Kier alpha value is -4.46. The van der Waals surface area contributed by atoms with Gasteiger partial charge in [0.1, 0.15) is 11.5 Å². The van der Waals surface area contributed by atoms with E-state index < -0.39 is 0 Å². The van der Waals surface area contributed by atoms with Crippen LogP contribution in [0, 0.1) is 0 Å². The third-order valence-electron chi connectivity index (χ3n) is 5.39. The fourth-order valence-corrected chi connectivity index (χ4v) is 3.55. The molecule has 4 rings (SSSR count). The highest BCUT2D eigenvalue weighted by molar-refractivity contribution is 5.90. The van der Waals surface area contributed by atoms with Crippen LogP contribution in [0.5, 0.6) is 28.7 Å². The highest BCUT2D eigenvalue weighted by Gasteiger charge is 2.20. The third kappa shape index (κ3) is 5.06. The van der Waals surface area contributed by atoms with Gasteiger partial charge in [0.25, 0.3) is 0 Å². The van der Waals surface area contributed by atoms with E-state index in [4.69, 9.17) is 28.1 Å². The predicted octanol–water partition coefficient (Wildman–Crippen LogP) is 5.37.